The molecule has 1 amide bonds. The van der Waals surface area contributed by atoms with Gasteiger partial charge in [0.25, 0.3) is 5.91 Å². The van der Waals surface area contributed by atoms with Crippen molar-refractivity contribution in [2.45, 2.75) is 13.1 Å². The van der Waals surface area contributed by atoms with Crippen LogP contribution < -0.4 is 14.2 Å². The van der Waals surface area contributed by atoms with Gasteiger partial charge in [-0.25, -0.2) is 0 Å². The van der Waals surface area contributed by atoms with Gasteiger partial charge in [0.1, 0.15) is 19.0 Å². The van der Waals surface area contributed by atoms with Gasteiger partial charge in [-0.2, -0.15) is 28.3 Å². The zero-order valence-electron chi connectivity index (χ0n) is 20.4. The molecule has 0 atom stereocenters. The second-order valence-corrected chi connectivity index (χ2v) is 8.86. The monoisotopic (exact) mass is 548 g/mol. The maximum absolute atomic E-state index is 13.0. The number of nitrogens with one attached hydrogen (secondary N) is 1. The molecule has 4 rings (SSSR count). The van der Waals surface area contributed by atoms with Crippen molar-refractivity contribution in [1.29, 1.82) is 5.41 Å². The first kappa shape index (κ1) is 27.2. The Bertz CT molecular complexity index is 1330. The Balaban J connectivity index is 1.33. The van der Waals surface area contributed by atoms with Gasteiger partial charge in [0.15, 0.2) is 17.3 Å². The molecule has 0 saturated carbocycles. The second kappa shape index (κ2) is 11.7. The Labute approximate surface area is 220 Å². The highest BCUT2D eigenvalue weighted by Crippen LogP contribution is 2.36. The van der Waals surface area contributed by atoms with Crippen molar-refractivity contribution in [1.82, 2.24) is 5.01 Å². The standard InChI is InChI=1S/C25H23F3N4O5S/c1-15-5-3-4-6-18(15)36-11-9-35-10-12-37-19-8-7-16(14-20(19)34-2)13-17-21(29)32-24(30-22(17)33)38-23(31-32)25(26,27)28/h3-8,13-14,29H,9-12H2,1-2H3/b17-13+,29-21?. The largest absolute Gasteiger partial charge is 0.493 e. The van der Waals surface area contributed by atoms with Gasteiger partial charge in [-0.1, -0.05) is 24.3 Å². The molecule has 2 heterocycles. The molecule has 0 aromatic heterocycles. The Morgan fingerprint density at radius 1 is 1.03 bits per heavy atom. The lowest BCUT2D eigenvalue weighted by Crippen LogP contribution is -2.35. The number of aryl methyl sites for hydroxylation is 1. The number of methoxy groups -OCH3 is 1. The summed E-state index contributed by atoms with van der Waals surface area (Å²) in [5.74, 6) is 0.248. The van der Waals surface area contributed by atoms with E-state index >= 15 is 0 Å². The third kappa shape index (κ3) is 6.34. The summed E-state index contributed by atoms with van der Waals surface area (Å²) in [6.07, 6.45) is -3.37. The lowest BCUT2D eigenvalue weighted by atomic mass is 10.1. The molecule has 2 aromatic rings. The van der Waals surface area contributed by atoms with Crippen molar-refractivity contribution in [3.63, 3.8) is 0 Å². The fraction of sp³-hybridized carbons (Fsp3) is 0.280. The smallest absolute Gasteiger partial charge is 0.441 e. The topological polar surface area (TPSA) is 106 Å². The summed E-state index contributed by atoms with van der Waals surface area (Å²) in [6, 6.07) is 12.5. The van der Waals surface area contributed by atoms with Crippen LogP contribution in [0, 0.1) is 12.3 Å². The molecule has 0 radical (unpaired) electrons. The van der Waals surface area contributed by atoms with E-state index in [1.54, 1.807) is 18.2 Å². The van der Waals surface area contributed by atoms with Gasteiger partial charge in [0.2, 0.25) is 10.2 Å². The second-order valence-electron chi connectivity index (χ2n) is 7.91. The molecule has 2 aromatic carbocycles. The van der Waals surface area contributed by atoms with Crippen LogP contribution in [0.3, 0.4) is 0 Å². The van der Waals surface area contributed by atoms with E-state index in [1.807, 2.05) is 31.2 Å². The van der Waals surface area contributed by atoms with E-state index in [-0.39, 0.29) is 29.1 Å². The Morgan fingerprint density at radius 2 is 1.74 bits per heavy atom. The number of hydrogen-bond acceptors (Lipinski definition) is 8. The highest BCUT2D eigenvalue weighted by molar-refractivity contribution is 8.27. The van der Waals surface area contributed by atoms with Crippen molar-refractivity contribution in [3.8, 4) is 17.2 Å². The van der Waals surface area contributed by atoms with Crippen LogP contribution in [0.5, 0.6) is 17.2 Å². The number of halogens is 3. The maximum atomic E-state index is 13.0. The maximum Gasteiger partial charge on any atom is 0.441 e. The van der Waals surface area contributed by atoms with Crippen LogP contribution in [0.2, 0.25) is 0 Å². The Kier molecular flexibility index (Phi) is 8.37. The molecule has 0 unspecified atom stereocenters. The number of thioether (sulfide) groups is 1. The summed E-state index contributed by atoms with van der Waals surface area (Å²) < 4.78 is 61.3. The Hall–Kier alpha value is -3.84. The molecule has 0 saturated heterocycles. The first-order valence-corrected chi connectivity index (χ1v) is 12.1. The van der Waals surface area contributed by atoms with Crippen LogP contribution in [0.4, 0.5) is 13.2 Å². The number of alkyl halides is 3. The number of benzene rings is 2. The first-order valence-electron chi connectivity index (χ1n) is 11.3. The molecule has 13 heteroatoms. The summed E-state index contributed by atoms with van der Waals surface area (Å²) >= 11 is 0.197. The van der Waals surface area contributed by atoms with Gasteiger partial charge < -0.3 is 18.9 Å². The van der Waals surface area contributed by atoms with Crippen LogP contribution in [-0.2, 0) is 9.53 Å². The quantitative estimate of drug-likeness (QED) is 0.340. The number of aliphatic imine (C=N–C) groups is 1. The minimum absolute atomic E-state index is 0.197. The highest BCUT2D eigenvalue weighted by atomic mass is 32.2. The third-order valence-corrected chi connectivity index (χ3v) is 6.21. The van der Waals surface area contributed by atoms with E-state index in [9.17, 15) is 18.0 Å². The number of hydrazone groups is 1. The molecular formula is C25H23F3N4O5S. The molecule has 9 nitrogen and oxygen atoms in total. The molecule has 0 bridgehead atoms. The van der Waals surface area contributed by atoms with E-state index < -0.39 is 23.0 Å². The normalized spacial score (nSPS) is 16.3. The van der Waals surface area contributed by atoms with Gasteiger partial charge >= 0.3 is 6.18 Å². The molecule has 38 heavy (non-hydrogen) atoms. The van der Waals surface area contributed by atoms with E-state index in [2.05, 4.69) is 10.1 Å². The lowest BCUT2D eigenvalue weighted by Gasteiger charge is -2.20. The van der Waals surface area contributed by atoms with Crippen molar-refractivity contribution in [3.05, 3.63) is 59.2 Å². The van der Waals surface area contributed by atoms with E-state index in [1.165, 1.54) is 13.2 Å². The fourth-order valence-corrected chi connectivity index (χ4v) is 4.17. The number of carbonyl (C=O) groups is 1. The summed E-state index contributed by atoms with van der Waals surface area (Å²) in [6.45, 7) is 3.31. The molecule has 2 aliphatic rings. The lowest BCUT2D eigenvalue weighted by molar-refractivity contribution is -0.114. The number of carbonyl (C=O) groups excluding carboxylic acids is 1. The predicted octanol–water partition coefficient (Wildman–Crippen LogP) is 4.66. The van der Waals surface area contributed by atoms with Gasteiger partial charge in [0, 0.05) is 0 Å². The van der Waals surface area contributed by atoms with Crippen molar-refractivity contribution < 1.29 is 36.9 Å². The number of fused-ring (bicyclic) bond motifs is 1. The minimum atomic E-state index is -4.71. The SMILES string of the molecule is COc1cc(/C=C2\C(=N)N3N=C(C(F)(F)F)SC3=NC2=O)ccc1OCCOCCOc1ccccc1C. The number of amidine groups is 2. The highest BCUT2D eigenvalue weighted by Gasteiger charge is 2.46. The van der Waals surface area contributed by atoms with Crippen LogP contribution >= 0.6 is 11.8 Å². The van der Waals surface area contributed by atoms with Crippen LogP contribution in [-0.4, -0.2) is 66.7 Å². The molecule has 200 valence electrons. The number of nitrogens with zero attached hydrogens (tertiary/aromatic N) is 3. The van der Waals surface area contributed by atoms with Crippen molar-refractivity contribution >= 4 is 39.8 Å². The number of amides is 1. The summed E-state index contributed by atoms with van der Waals surface area (Å²) in [5.41, 5.74) is 1.29. The fourth-order valence-electron chi connectivity index (χ4n) is 3.41. The molecule has 2 aliphatic heterocycles. The average molecular weight is 549 g/mol. The van der Waals surface area contributed by atoms with Crippen LogP contribution in [0.15, 0.2) is 58.1 Å². The van der Waals surface area contributed by atoms with Gasteiger partial charge in [0.05, 0.1) is 25.9 Å². The number of rotatable bonds is 10. The molecule has 0 fully saturated rings. The van der Waals surface area contributed by atoms with Crippen molar-refractivity contribution in [2.75, 3.05) is 33.5 Å². The number of hydrogen-bond donors (Lipinski definition) is 1. The molecule has 0 aliphatic carbocycles. The molecular weight excluding hydrogens is 525 g/mol. The van der Waals surface area contributed by atoms with Gasteiger partial charge in [-0.3, -0.25) is 10.2 Å². The average Bonchev–Trinajstić information content (AvgIpc) is 3.32. The summed E-state index contributed by atoms with van der Waals surface area (Å²) in [5, 5.41) is 10.8. The zero-order chi connectivity index (χ0) is 27.3. The molecule has 0 spiro atoms. The van der Waals surface area contributed by atoms with E-state index in [4.69, 9.17) is 24.4 Å². The number of ether oxygens (including phenoxy) is 4. The first-order chi connectivity index (χ1) is 18.2. The Morgan fingerprint density at radius 3 is 2.42 bits per heavy atom. The minimum Gasteiger partial charge on any atom is -0.493 e. The van der Waals surface area contributed by atoms with E-state index in [0.29, 0.717) is 41.9 Å². The van der Waals surface area contributed by atoms with Gasteiger partial charge in [-0.05, 0) is 54.1 Å². The van der Waals surface area contributed by atoms with Crippen LogP contribution in [0.1, 0.15) is 11.1 Å². The third-order valence-electron chi connectivity index (χ3n) is 5.26. The zero-order valence-corrected chi connectivity index (χ0v) is 21.2. The summed E-state index contributed by atoms with van der Waals surface area (Å²) in [4.78, 5) is 16.1. The van der Waals surface area contributed by atoms with Crippen LogP contribution in [0.25, 0.3) is 6.08 Å². The van der Waals surface area contributed by atoms with E-state index in [0.717, 1.165) is 11.3 Å². The van der Waals surface area contributed by atoms with Gasteiger partial charge in [-0.15, -0.1) is 0 Å². The summed E-state index contributed by atoms with van der Waals surface area (Å²) in [7, 11) is 1.44. The molecule has 1 N–H and O–H groups in total. The predicted molar refractivity (Wildman–Crippen MR) is 137 cm³/mol. The van der Waals surface area contributed by atoms with Crippen molar-refractivity contribution in [2.24, 2.45) is 10.1 Å². The number of para-hydroxylation sites is 1.